The summed E-state index contributed by atoms with van der Waals surface area (Å²) in [4.78, 5) is 37.8. The summed E-state index contributed by atoms with van der Waals surface area (Å²) in [5.74, 6) is 0.354. The van der Waals surface area contributed by atoms with Gasteiger partial charge in [-0.05, 0) is 60.4 Å². The zero-order valence-corrected chi connectivity index (χ0v) is 23.5. The fraction of sp³-hybridized carbons (Fsp3) is 0.345. The largest absolute Gasteiger partial charge is 0.405 e. The Morgan fingerprint density at radius 1 is 1.02 bits per heavy atom. The number of aromatic nitrogens is 4. The third-order valence-electron chi connectivity index (χ3n) is 7.37. The lowest BCUT2D eigenvalue weighted by Crippen LogP contribution is -2.37. The molecule has 3 aromatic heterocycles. The third-order valence-corrected chi connectivity index (χ3v) is 7.60. The van der Waals surface area contributed by atoms with E-state index in [1.807, 2.05) is 46.4 Å². The SMILES string of the molecule is O=C(CNc1cc(C2CC2)cn2cc(CNc3cc(NC(=O)[C@H]4C[C@@H]4c4cccc(Cl)c4)ncn3)nc12)NCC(F)(F)F. The molecule has 14 heteroatoms. The number of nitrogens with zero attached hydrogens (tertiary/aromatic N) is 4. The van der Waals surface area contributed by atoms with E-state index in [2.05, 4.69) is 30.9 Å². The van der Waals surface area contributed by atoms with Gasteiger partial charge in [-0.1, -0.05) is 23.7 Å². The van der Waals surface area contributed by atoms with Crippen LogP contribution in [0.15, 0.2) is 55.1 Å². The van der Waals surface area contributed by atoms with E-state index in [0.29, 0.717) is 46.1 Å². The van der Waals surface area contributed by atoms with Crippen LogP contribution in [0.4, 0.5) is 30.5 Å². The number of amides is 2. The van der Waals surface area contributed by atoms with Crippen LogP contribution in [0, 0.1) is 5.92 Å². The molecule has 2 fully saturated rings. The van der Waals surface area contributed by atoms with Crippen molar-refractivity contribution in [2.45, 2.75) is 43.8 Å². The molecule has 0 unspecified atom stereocenters. The maximum atomic E-state index is 12.8. The average molecular weight is 613 g/mol. The van der Waals surface area contributed by atoms with Gasteiger partial charge in [0, 0.05) is 29.4 Å². The molecule has 0 radical (unpaired) electrons. The van der Waals surface area contributed by atoms with E-state index in [-0.39, 0.29) is 24.3 Å². The van der Waals surface area contributed by atoms with Crippen molar-refractivity contribution in [1.29, 1.82) is 0 Å². The molecule has 2 saturated carbocycles. The van der Waals surface area contributed by atoms with E-state index in [9.17, 15) is 22.8 Å². The lowest BCUT2D eigenvalue weighted by atomic mass is 10.1. The zero-order valence-electron chi connectivity index (χ0n) is 22.8. The van der Waals surface area contributed by atoms with Crippen LogP contribution in [0.3, 0.4) is 0 Å². The topological polar surface area (TPSA) is 125 Å². The van der Waals surface area contributed by atoms with Crippen molar-refractivity contribution in [1.82, 2.24) is 24.7 Å². The molecule has 6 rings (SSSR count). The molecular formula is C29H28ClF3N8O2. The van der Waals surface area contributed by atoms with E-state index >= 15 is 0 Å². The van der Waals surface area contributed by atoms with E-state index in [4.69, 9.17) is 11.6 Å². The molecule has 2 aliphatic rings. The summed E-state index contributed by atoms with van der Waals surface area (Å²) in [6.45, 7) is -1.41. The van der Waals surface area contributed by atoms with Crippen molar-refractivity contribution in [3.05, 3.63) is 77.0 Å². The first-order chi connectivity index (χ1) is 20.6. The summed E-state index contributed by atoms with van der Waals surface area (Å²) in [6.07, 6.45) is 3.54. The fourth-order valence-electron chi connectivity index (χ4n) is 4.98. The van der Waals surface area contributed by atoms with Crippen molar-refractivity contribution in [3.8, 4) is 0 Å². The Bertz CT molecular complexity index is 1670. The second-order valence-corrected chi connectivity index (χ2v) is 11.2. The van der Waals surface area contributed by atoms with Gasteiger partial charge >= 0.3 is 6.18 Å². The number of hydrogen-bond acceptors (Lipinski definition) is 7. The molecular weight excluding hydrogens is 585 g/mol. The summed E-state index contributed by atoms with van der Waals surface area (Å²) in [6, 6.07) is 11.1. The minimum absolute atomic E-state index is 0.117. The van der Waals surface area contributed by atoms with Gasteiger partial charge in [0.15, 0.2) is 5.65 Å². The highest BCUT2D eigenvalue weighted by molar-refractivity contribution is 6.30. The number of pyridine rings is 1. The van der Waals surface area contributed by atoms with Crippen molar-refractivity contribution >= 4 is 46.4 Å². The van der Waals surface area contributed by atoms with Crippen molar-refractivity contribution in [2.75, 3.05) is 29.0 Å². The lowest BCUT2D eigenvalue weighted by Gasteiger charge is -2.11. The standard InChI is InChI=1S/C29H28ClF3N8O2/c30-19-3-1-2-17(6-19)21-8-22(21)28(43)40-25-9-24(37-15-38-25)35-10-20-13-41-12-18(16-4-5-16)7-23(27(41)39-20)34-11-26(42)36-14-29(31,32)33/h1-3,6-7,9,12-13,15-16,21-22,34H,4-5,8,10-11,14H2,(H,36,42)(H2,35,37,38,40,43)/t21-,22+/m1/s1. The Hall–Kier alpha value is -4.39. The van der Waals surface area contributed by atoms with Gasteiger partial charge in [-0.3, -0.25) is 9.59 Å². The monoisotopic (exact) mass is 612 g/mol. The van der Waals surface area contributed by atoms with Gasteiger partial charge < -0.3 is 25.7 Å². The number of nitrogens with one attached hydrogen (secondary N) is 4. The number of benzene rings is 1. The van der Waals surface area contributed by atoms with Crippen LogP contribution < -0.4 is 21.3 Å². The molecule has 2 aliphatic carbocycles. The Labute approximate surface area is 249 Å². The molecule has 224 valence electrons. The second-order valence-electron chi connectivity index (χ2n) is 10.8. The summed E-state index contributed by atoms with van der Waals surface area (Å²) in [5.41, 5.74) is 3.87. The highest BCUT2D eigenvalue weighted by atomic mass is 35.5. The van der Waals surface area contributed by atoms with Crippen LogP contribution in [0.5, 0.6) is 0 Å². The van der Waals surface area contributed by atoms with E-state index in [1.54, 1.807) is 12.1 Å². The Morgan fingerprint density at radius 2 is 1.84 bits per heavy atom. The minimum atomic E-state index is -4.48. The van der Waals surface area contributed by atoms with Gasteiger partial charge in [-0.15, -0.1) is 0 Å². The first-order valence-electron chi connectivity index (χ1n) is 13.8. The lowest BCUT2D eigenvalue weighted by molar-refractivity contribution is -0.137. The van der Waals surface area contributed by atoms with E-state index in [0.717, 1.165) is 30.4 Å². The molecule has 0 spiro atoms. The summed E-state index contributed by atoms with van der Waals surface area (Å²) in [7, 11) is 0. The van der Waals surface area contributed by atoms with Gasteiger partial charge in [-0.2, -0.15) is 13.2 Å². The highest BCUT2D eigenvalue weighted by Gasteiger charge is 2.44. The molecule has 43 heavy (non-hydrogen) atoms. The number of alkyl halides is 3. The molecule has 2 amide bonds. The smallest absolute Gasteiger partial charge is 0.373 e. The van der Waals surface area contributed by atoms with E-state index in [1.165, 1.54) is 6.33 Å². The summed E-state index contributed by atoms with van der Waals surface area (Å²) in [5, 5.41) is 11.5. The predicted molar refractivity (Wildman–Crippen MR) is 155 cm³/mol. The molecule has 4 aromatic rings. The van der Waals surface area contributed by atoms with Crippen molar-refractivity contribution in [2.24, 2.45) is 5.92 Å². The van der Waals surface area contributed by atoms with Gasteiger partial charge in [0.05, 0.1) is 24.5 Å². The fourth-order valence-corrected chi connectivity index (χ4v) is 5.17. The van der Waals surface area contributed by atoms with Gasteiger partial charge in [0.2, 0.25) is 11.8 Å². The van der Waals surface area contributed by atoms with E-state index < -0.39 is 18.6 Å². The first kappa shape index (κ1) is 28.7. The molecule has 2 atom stereocenters. The molecule has 4 N–H and O–H groups in total. The Kier molecular flexibility index (Phi) is 7.82. The molecule has 1 aromatic carbocycles. The van der Waals surface area contributed by atoms with Crippen LogP contribution in [-0.2, 0) is 16.1 Å². The van der Waals surface area contributed by atoms with Gasteiger partial charge in [0.25, 0.3) is 0 Å². The first-order valence-corrected chi connectivity index (χ1v) is 14.2. The zero-order chi connectivity index (χ0) is 30.1. The van der Waals surface area contributed by atoms with Crippen LogP contribution in [-0.4, -0.2) is 50.4 Å². The Balaban J connectivity index is 1.08. The number of carbonyl (C=O) groups is 2. The number of anilines is 3. The van der Waals surface area contributed by atoms with Gasteiger partial charge in [0.1, 0.15) is 24.5 Å². The van der Waals surface area contributed by atoms with Crippen LogP contribution in [0.25, 0.3) is 5.65 Å². The second kappa shape index (κ2) is 11.7. The third kappa shape index (κ3) is 7.34. The highest BCUT2D eigenvalue weighted by Crippen LogP contribution is 2.48. The van der Waals surface area contributed by atoms with Gasteiger partial charge in [-0.25, -0.2) is 15.0 Å². The molecule has 0 aliphatic heterocycles. The molecule has 3 heterocycles. The van der Waals surface area contributed by atoms with Crippen molar-refractivity contribution in [3.63, 3.8) is 0 Å². The number of fused-ring (bicyclic) bond motifs is 1. The normalized spacial score (nSPS) is 17.9. The maximum Gasteiger partial charge on any atom is 0.405 e. The summed E-state index contributed by atoms with van der Waals surface area (Å²) < 4.78 is 39.2. The van der Waals surface area contributed by atoms with Crippen LogP contribution in [0.1, 0.15) is 47.9 Å². The molecule has 0 saturated heterocycles. The average Bonchev–Trinajstić information content (AvgIpc) is 3.90. The number of halogens is 4. The number of imidazole rings is 1. The maximum absolute atomic E-state index is 12.8. The van der Waals surface area contributed by atoms with Crippen LogP contribution in [0.2, 0.25) is 5.02 Å². The number of rotatable bonds is 11. The molecule has 0 bridgehead atoms. The summed E-state index contributed by atoms with van der Waals surface area (Å²) >= 11 is 6.09. The van der Waals surface area contributed by atoms with Crippen LogP contribution >= 0.6 is 11.6 Å². The number of hydrogen-bond donors (Lipinski definition) is 4. The molecule has 10 nitrogen and oxygen atoms in total. The Morgan fingerprint density at radius 3 is 2.60 bits per heavy atom. The minimum Gasteiger partial charge on any atom is -0.373 e. The quantitative estimate of drug-likeness (QED) is 0.186. The number of carbonyl (C=O) groups excluding carboxylic acids is 2. The predicted octanol–water partition coefficient (Wildman–Crippen LogP) is 5.10. The van der Waals surface area contributed by atoms with Crippen molar-refractivity contribution < 1.29 is 22.8 Å².